The molecule has 0 bridgehead atoms. The maximum absolute atomic E-state index is 11.8. The Morgan fingerprint density at radius 3 is 1.66 bits per heavy atom. The molecule has 5 atom stereocenters. The lowest BCUT2D eigenvalue weighted by Gasteiger charge is -2.51. The first-order valence-electron chi connectivity index (χ1n) is 24.8. The van der Waals surface area contributed by atoms with Gasteiger partial charge in [0.25, 0.3) is 0 Å². The molecular weight excluding hydrogens is 767 g/mol. The summed E-state index contributed by atoms with van der Waals surface area (Å²) in [7, 11) is 4.60. The van der Waals surface area contributed by atoms with Gasteiger partial charge in [0, 0.05) is 25.5 Å². The van der Waals surface area contributed by atoms with Crippen molar-refractivity contribution in [1.82, 2.24) is 10.2 Å². The van der Waals surface area contributed by atoms with E-state index < -0.39 is 0 Å². The number of nitrogens with zero attached hydrogens (tertiary/aromatic N) is 1. The lowest BCUT2D eigenvalue weighted by molar-refractivity contribution is -0.141. The van der Waals surface area contributed by atoms with E-state index in [0.29, 0.717) is 17.9 Å². The first-order chi connectivity index (χ1) is 28.7. The van der Waals surface area contributed by atoms with Crippen LogP contribution in [-0.4, -0.2) is 78.5 Å². The van der Waals surface area contributed by atoms with E-state index in [0.717, 1.165) is 53.1 Å². The van der Waals surface area contributed by atoms with Crippen molar-refractivity contribution in [2.45, 2.75) is 221 Å². The van der Waals surface area contributed by atoms with Gasteiger partial charge in [0.05, 0.1) is 0 Å². The number of esters is 2. The molecule has 6 saturated carbocycles. The third-order valence-corrected chi connectivity index (χ3v) is 23.5. The molecule has 6 nitrogen and oxygen atoms in total. The fraction of sp³-hybridized carbons (Fsp3) is 0.804. The van der Waals surface area contributed by atoms with E-state index in [2.05, 4.69) is 54.7 Å². The number of hydrogen-bond acceptors (Lipinski definition) is 6. The highest BCUT2D eigenvalue weighted by atomic mass is 31.1. The van der Waals surface area contributed by atoms with E-state index in [9.17, 15) is 9.59 Å². The molecule has 6 aliphatic carbocycles. The molecule has 0 radical (unpaired) electrons. The highest BCUT2D eigenvalue weighted by Gasteiger charge is 2.52. The van der Waals surface area contributed by atoms with Gasteiger partial charge in [0.15, 0.2) is 0 Å². The number of nitrogens with one attached hydrogen (secondary N) is 1. The van der Waals surface area contributed by atoms with Crippen LogP contribution in [0.2, 0.25) is 0 Å². The minimum Gasteiger partial charge on any atom is -0.461 e. The van der Waals surface area contributed by atoms with E-state index >= 15 is 0 Å². The molecule has 7 rings (SSSR count). The standard InChI is InChI=1S/C51H82N2O4P2/c1-38(54)56-36-41(37-57-39(2)55)33-40-29-31-43(34-40)52-51(53(3)4,42-30-32-48(35-42)58(44-19-9-5-10-20-44)45-21-11-6-12-22-45)49-27-17-18-28-50(49)59(46-23-13-7-14-24-46)47-25-15-8-16-26-47/h17-18,27-28,33,40,42-48,52H,5-16,19-26,29-32,34-37H2,1-4H3/t40?,42-,43?,48?,51?/m1/s1. The van der Waals surface area contributed by atoms with Gasteiger partial charge in [0.2, 0.25) is 0 Å². The Morgan fingerprint density at radius 2 is 1.15 bits per heavy atom. The second-order valence-corrected chi connectivity index (χ2v) is 26.0. The Balaban J connectivity index is 1.25. The van der Waals surface area contributed by atoms with Crippen LogP contribution in [0.25, 0.3) is 0 Å². The third-order valence-electron chi connectivity index (χ3n) is 15.9. The van der Waals surface area contributed by atoms with E-state index in [1.165, 1.54) is 162 Å². The molecule has 0 aromatic heterocycles. The number of hydrogen-bond donors (Lipinski definition) is 1. The number of benzene rings is 1. The van der Waals surface area contributed by atoms with Gasteiger partial charge in [-0.2, -0.15) is 0 Å². The first-order valence-corrected chi connectivity index (χ1v) is 27.8. The Bertz CT molecular complexity index is 1450. The second kappa shape index (κ2) is 22.3. The van der Waals surface area contributed by atoms with Crippen LogP contribution >= 0.6 is 15.8 Å². The summed E-state index contributed by atoms with van der Waals surface area (Å²) in [5, 5.41) is 6.41. The molecule has 59 heavy (non-hydrogen) atoms. The lowest BCUT2D eigenvalue weighted by Crippen LogP contribution is -2.62. The van der Waals surface area contributed by atoms with Gasteiger partial charge < -0.3 is 9.47 Å². The zero-order valence-electron chi connectivity index (χ0n) is 37.8. The fourth-order valence-electron chi connectivity index (χ4n) is 13.3. The van der Waals surface area contributed by atoms with Crippen molar-refractivity contribution in [3.63, 3.8) is 0 Å². The van der Waals surface area contributed by atoms with Crippen LogP contribution in [0.1, 0.15) is 186 Å². The number of allylic oxidation sites excluding steroid dienone is 1. The minimum absolute atomic E-state index is 0.0281. The summed E-state index contributed by atoms with van der Waals surface area (Å²) in [6.45, 7) is 3.28. The van der Waals surface area contributed by atoms with Crippen molar-refractivity contribution < 1.29 is 19.1 Å². The summed E-state index contributed by atoms with van der Waals surface area (Å²) >= 11 is 0. The molecule has 4 unspecified atom stereocenters. The van der Waals surface area contributed by atoms with Gasteiger partial charge in [0.1, 0.15) is 18.9 Å². The number of ether oxygens (including phenoxy) is 2. The van der Waals surface area contributed by atoms with Gasteiger partial charge >= 0.3 is 11.9 Å². The average Bonchev–Trinajstić information content (AvgIpc) is 3.93. The van der Waals surface area contributed by atoms with Crippen LogP contribution in [0.3, 0.4) is 0 Å². The van der Waals surface area contributed by atoms with Crippen LogP contribution in [0.5, 0.6) is 0 Å². The molecule has 0 aliphatic heterocycles. The molecule has 8 heteroatoms. The highest BCUT2D eigenvalue weighted by molar-refractivity contribution is 7.67. The monoisotopic (exact) mass is 849 g/mol. The minimum atomic E-state index is -0.300. The zero-order valence-corrected chi connectivity index (χ0v) is 39.6. The Labute approximate surface area is 362 Å². The summed E-state index contributed by atoms with van der Waals surface area (Å²) in [6.07, 6.45) is 38.7. The maximum atomic E-state index is 11.8. The largest absolute Gasteiger partial charge is 0.461 e. The summed E-state index contributed by atoms with van der Waals surface area (Å²) in [5.41, 5.74) is 6.93. The summed E-state index contributed by atoms with van der Waals surface area (Å²) in [6, 6.07) is 10.4. The topological polar surface area (TPSA) is 67.9 Å². The Kier molecular flexibility index (Phi) is 17.3. The van der Waals surface area contributed by atoms with Crippen molar-refractivity contribution in [3.05, 3.63) is 41.5 Å². The van der Waals surface area contributed by atoms with E-state index in [1.807, 2.05) is 0 Å². The van der Waals surface area contributed by atoms with Gasteiger partial charge in [-0.05, 0) is 155 Å². The van der Waals surface area contributed by atoms with Crippen molar-refractivity contribution in [1.29, 1.82) is 0 Å². The quantitative estimate of drug-likeness (QED) is 0.0773. The normalized spacial score (nSPS) is 27.9. The number of carbonyl (C=O) groups is 2. The summed E-state index contributed by atoms with van der Waals surface area (Å²) < 4.78 is 10.9. The van der Waals surface area contributed by atoms with E-state index in [-0.39, 0.29) is 46.7 Å². The molecule has 0 amide bonds. The molecule has 0 spiro atoms. The highest BCUT2D eigenvalue weighted by Crippen LogP contribution is 2.65. The zero-order chi connectivity index (χ0) is 41.2. The van der Waals surface area contributed by atoms with Gasteiger partial charge in [-0.1, -0.05) is 123 Å². The number of carbonyl (C=O) groups excluding carboxylic acids is 2. The molecule has 1 N–H and O–H groups in total. The van der Waals surface area contributed by atoms with Gasteiger partial charge in [-0.3, -0.25) is 19.8 Å². The van der Waals surface area contributed by atoms with Crippen LogP contribution < -0.4 is 10.6 Å². The van der Waals surface area contributed by atoms with Gasteiger partial charge in [-0.15, -0.1) is 0 Å². The molecule has 330 valence electrons. The first kappa shape index (κ1) is 45.7. The van der Waals surface area contributed by atoms with Crippen LogP contribution in [-0.2, 0) is 24.7 Å². The molecule has 0 saturated heterocycles. The molecule has 6 fully saturated rings. The van der Waals surface area contributed by atoms with Crippen molar-refractivity contribution in [2.24, 2.45) is 11.8 Å². The molecule has 1 aromatic rings. The van der Waals surface area contributed by atoms with Crippen molar-refractivity contribution in [3.8, 4) is 0 Å². The Hall–Kier alpha value is -1.32. The predicted octanol–water partition coefficient (Wildman–Crippen LogP) is 12.3. The number of rotatable bonds is 16. The summed E-state index contributed by atoms with van der Waals surface area (Å²) in [4.78, 5) is 26.3. The van der Waals surface area contributed by atoms with Gasteiger partial charge in [-0.25, -0.2) is 0 Å². The average molecular weight is 849 g/mol. The fourth-order valence-corrected chi connectivity index (χ4v) is 22.0. The molecular formula is C51H82N2O4P2. The second-order valence-electron chi connectivity index (χ2n) is 20.2. The third kappa shape index (κ3) is 11.6. The Morgan fingerprint density at radius 1 is 0.644 bits per heavy atom. The summed E-state index contributed by atoms with van der Waals surface area (Å²) in [5.74, 6) is 0.331. The van der Waals surface area contributed by atoms with Crippen molar-refractivity contribution in [2.75, 3.05) is 27.3 Å². The van der Waals surface area contributed by atoms with Crippen LogP contribution in [0.15, 0.2) is 35.9 Å². The molecule has 0 heterocycles. The molecule has 1 aromatic carbocycles. The predicted molar refractivity (Wildman–Crippen MR) is 250 cm³/mol. The smallest absolute Gasteiger partial charge is 0.302 e. The SMILES string of the molecule is CC(=O)OCC(=CC1CCC(NC(c2ccccc2P(C2CCCCC2)C2CCCCC2)([C@@H]2CCC(P(C3CCCCC3)C3CCCCC3)C2)N(C)C)C1)COC(C)=O. The van der Waals surface area contributed by atoms with E-state index in [1.54, 1.807) is 10.9 Å². The van der Waals surface area contributed by atoms with E-state index in [4.69, 9.17) is 9.47 Å². The van der Waals surface area contributed by atoms with Crippen LogP contribution in [0, 0.1) is 11.8 Å². The van der Waals surface area contributed by atoms with Crippen molar-refractivity contribution >= 4 is 33.1 Å². The lowest BCUT2D eigenvalue weighted by atomic mass is 9.82. The maximum Gasteiger partial charge on any atom is 0.302 e. The van der Waals surface area contributed by atoms with Crippen LogP contribution in [0.4, 0.5) is 0 Å². The molecule has 6 aliphatic rings.